The van der Waals surface area contributed by atoms with Crippen molar-refractivity contribution in [1.29, 1.82) is 0 Å². The molecule has 1 aromatic rings. The minimum absolute atomic E-state index is 0.0740. The summed E-state index contributed by atoms with van der Waals surface area (Å²) in [6.45, 7) is 1.96. The second-order valence-electron chi connectivity index (χ2n) is 3.47. The minimum atomic E-state index is -0.0740. The molecule has 0 heterocycles. The van der Waals surface area contributed by atoms with Gasteiger partial charge in [-0.15, -0.1) is 11.8 Å². The van der Waals surface area contributed by atoms with Gasteiger partial charge in [0.25, 0.3) is 0 Å². The average molecular weight is 240 g/mol. The van der Waals surface area contributed by atoms with E-state index < -0.39 is 0 Å². The fraction of sp³-hybridized carbons (Fsp3) is 0.364. The molecule has 1 aromatic carbocycles. The number of nitrogens with one attached hydrogen (secondary N) is 1. The lowest BCUT2D eigenvalue weighted by Gasteiger charge is -2.08. The molecule has 1 rings (SSSR count). The first kappa shape index (κ1) is 12.9. The lowest BCUT2D eigenvalue weighted by atomic mass is 10.3. The van der Waals surface area contributed by atoms with Gasteiger partial charge in [0.05, 0.1) is 12.4 Å². The molecule has 88 valence electrons. The summed E-state index contributed by atoms with van der Waals surface area (Å²) in [5, 5.41) is 11.6. The van der Waals surface area contributed by atoms with Crippen LogP contribution >= 0.6 is 11.8 Å². The molecule has 0 aliphatic heterocycles. The molecule has 0 bridgehead atoms. The van der Waals surface area contributed by atoms with E-state index in [0.717, 1.165) is 5.69 Å². The highest BCUT2D eigenvalue weighted by molar-refractivity contribution is 8.00. The van der Waals surface area contributed by atoms with Crippen molar-refractivity contribution in [3.63, 3.8) is 0 Å². The first-order chi connectivity index (χ1) is 7.61. The van der Waals surface area contributed by atoms with Crippen molar-refractivity contribution < 1.29 is 9.90 Å². The van der Waals surface area contributed by atoms with Crippen molar-refractivity contribution in [1.82, 2.24) is 0 Å². The van der Waals surface area contributed by atoms with Crippen molar-refractivity contribution in [2.45, 2.75) is 12.2 Å². The summed E-state index contributed by atoms with van der Waals surface area (Å²) in [7, 11) is 0. The van der Waals surface area contributed by atoms with Crippen LogP contribution in [0.5, 0.6) is 0 Å². The number of nitrogen functional groups attached to an aromatic ring is 1. The lowest BCUT2D eigenvalue weighted by molar-refractivity contribution is -0.113. The van der Waals surface area contributed by atoms with Crippen LogP contribution in [0.3, 0.4) is 0 Å². The van der Waals surface area contributed by atoms with Crippen LogP contribution in [0.2, 0.25) is 0 Å². The third kappa shape index (κ3) is 4.55. The summed E-state index contributed by atoms with van der Waals surface area (Å²) in [6.07, 6.45) is 0. The molecule has 0 radical (unpaired) electrons. The van der Waals surface area contributed by atoms with Gasteiger partial charge in [0.15, 0.2) is 0 Å². The molecule has 1 amide bonds. The van der Waals surface area contributed by atoms with E-state index in [1.165, 1.54) is 11.8 Å². The number of carbonyl (C=O) groups excluding carboxylic acids is 1. The zero-order chi connectivity index (χ0) is 12.0. The molecule has 5 heteroatoms. The van der Waals surface area contributed by atoms with Crippen LogP contribution in [0, 0.1) is 0 Å². The fourth-order valence-corrected chi connectivity index (χ4v) is 1.65. The van der Waals surface area contributed by atoms with E-state index in [9.17, 15) is 4.79 Å². The highest BCUT2D eigenvalue weighted by Crippen LogP contribution is 2.13. The summed E-state index contributed by atoms with van der Waals surface area (Å²) in [6, 6.07) is 6.99. The molecule has 0 aromatic heterocycles. The largest absolute Gasteiger partial charge is 0.399 e. The summed E-state index contributed by atoms with van der Waals surface area (Å²) in [5.41, 5.74) is 6.93. The van der Waals surface area contributed by atoms with Crippen molar-refractivity contribution in [2.75, 3.05) is 23.4 Å². The maximum atomic E-state index is 11.5. The quantitative estimate of drug-likeness (QED) is 0.679. The number of aliphatic hydroxyl groups excluding tert-OH is 1. The van der Waals surface area contributed by atoms with Crippen LogP contribution in [0.25, 0.3) is 0 Å². The Morgan fingerprint density at radius 2 is 2.12 bits per heavy atom. The van der Waals surface area contributed by atoms with Crippen LogP contribution in [0.4, 0.5) is 11.4 Å². The third-order valence-electron chi connectivity index (χ3n) is 1.95. The van der Waals surface area contributed by atoms with Gasteiger partial charge in [-0.2, -0.15) is 0 Å². The molecule has 0 saturated heterocycles. The van der Waals surface area contributed by atoms with Crippen LogP contribution in [-0.2, 0) is 4.79 Å². The second kappa shape index (κ2) is 6.40. The van der Waals surface area contributed by atoms with Crippen LogP contribution in [0.15, 0.2) is 24.3 Å². The Hall–Kier alpha value is -1.20. The molecule has 4 N–H and O–H groups in total. The number of hydrogen-bond donors (Lipinski definition) is 3. The first-order valence-corrected chi connectivity index (χ1v) is 6.04. The number of anilines is 2. The van der Waals surface area contributed by atoms with Gasteiger partial charge in [0.1, 0.15) is 0 Å². The molecule has 16 heavy (non-hydrogen) atoms. The van der Waals surface area contributed by atoms with Gasteiger partial charge in [-0.25, -0.2) is 0 Å². The highest BCUT2D eigenvalue weighted by Gasteiger charge is 2.06. The fourth-order valence-electron chi connectivity index (χ4n) is 1.03. The third-order valence-corrected chi connectivity index (χ3v) is 3.10. The van der Waals surface area contributed by atoms with E-state index >= 15 is 0 Å². The van der Waals surface area contributed by atoms with E-state index in [4.69, 9.17) is 10.8 Å². The topological polar surface area (TPSA) is 75.3 Å². The van der Waals surface area contributed by atoms with Gasteiger partial charge >= 0.3 is 0 Å². The maximum Gasteiger partial charge on any atom is 0.234 e. The number of rotatable bonds is 5. The zero-order valence-corrected chi connectivity index (χ0v) is 9.96. The molecule has 1 atom stereocenters. The molecular weight excluding hydrogens is 224 g/mol. The van der Waals surface area contributed by atoms with Crippen molar-refractivity contribution in [2.24, 2.45) is 0 Å². The van der Waals surface area contributed by atoms with Crippen LogP contribution in [0.1, 0.15) is 6.92 Å². The maximum absolute atomic E-state index is 11.5. The number of hydrogen-bond acceptors (Lipinski definition) is 4. The summed E-state index contributed by atoms with van der Waals surface area (Å²) in [5.74, 6) is 0.265. The number of benzene rings is 1. The predicted octanol–water partition coefficient (Wildman–Crippen LogP) is 1.32. The summed E-state index contributed by atoms with van der Waals surface area (Å²) >= 11 is 1.42. The molecule has 0 fully saturated rings. The van der Waals surface area contributed by atoms with Crippen molar-refractivity contribution >= 4 is 29.0 Å². The average Bonchev–Trinajstić information content (AvgIpc) is 2.29. The SMILES string of the molecule is CC(CO)SCC(=O)Nc1ccc(N)cc1. The Morgan fingerprint density at radius 3 is 2.69 bits per heavy atom. The normalized spacial score (nSPS) is 12.1. The molecule has 4 nitrogen and oxygen atoms in total. The minimum Gasteiger partial charge on any atom is -0.399 e. The van der Waals surface area contributed by atoms with E-state index in [1.54, 1.807) is 24.3 Å². The zero-order valence-electron chi connectivity index (χ0n) is 9.14. The van der Waals surface area contributed by atoms with Crippen LogP contribution in [-0.4, -0.2) is 28.6 Å². The molecule has 0 spiro atoms. The number of nitrogens with two attached hydrogens (primary N) is 1. The Labute approximate surface area is 99.2 Å². The van der Waals surface area contributed by atoms with Gasteiger partial charge in [-0.3, -0.25) is 4.79 Å². The Morgan fingerprint density at radius 1 is 1.50 bits per heavy atom. The molecule has 0 aliphatic carbocycles. The van der Waals surface area contributed by atoms with Gasteiger partial charge in [-0.1, -0.05) is 6.92 Å². The monoisotopic (exact) mass is 240 g/mol. The second-order valence-corrected chi connectivity index (χ2v) is 4.90. The van der Waals surface area contributed by atoms with E-state index in [0.29, 0.717) is 11.4 Å². The van der Waals surface area contributed by atoms with Gasteiger partial charge in [0, 0.05) is 16.6 Å². The molecular formula is C11H16N2O2S. The van der Waals surface area contributed by atoms with Crippen molar-refractivity contribution in [3.05, 3.63) is 24.3 Å². The first-order valence-electron chi connectivity index (χ1n) is 4.99. The Bertz CT molecular complexity index is 340. The van der Waals surface area contributed by atoms with E-state index in [-0.39, 0.29) is 17.8 Å². The smallest absolute Gasteiger partial charge is 0.234 e. The van der Waals surface area contributed by atoms with Gasteiger partial charge < -0.3 is 16.2 Å². The molecule has 1 unspecified atom stereocenters. The summed E-state index contributed by atoms with van der Waals surface area (Å²) < 4.78 is 0. The Kier molecular flexibility index (Phi) is 5.14. The van der Waals surface area contributed by atoms with Crippen molar-refractivity contribution in [3.8, 4) is 0 Å². The molecule has 0 aliphatic rings. The number of thioether (sulfide) groups is 1. The van der Waals surface area contributed by atoms with E-state index in [2.05, 4.69) is 5.32 Å². The molecule has 0 saturated carbocycles. The van der Waals surface area contributed by atoms with Gasteiger partial charge in [-0.05, 0) is 24.3 Å². The van der Waals surface area contributed by atoms with Crippen LogP contribution < -0.4 is 11.1 Å². The number of carbonyl (C=O) groups is 1. The van der Waals surface area contributed by atoms with Gasteiger partial charge in [0.2, 0.25) is 5.91 Å². The number of amides is 1. The standard InChI is InChI=1S/C11H16N2O2S/c1-8(6-14)16-7-11(15)13-10-4-2-9(12)3-5-10/h2-5,8,14H,6-7,12H2,1H3,(H,13,15). The predicted molar refractivity (Wildman–Crippen MR) is 68.5 cm³/mol. The number of aliphatic hydroxyl groups is 1. The lowest BCUT2D eigenvalue weighted by Crippen LogP contribution is -2.16. The van der Waals surface area contributed by atoms with E-state index in [1.807, 2.05) is 6.92 Å². The Balaban J connectivity index is 2.37. The summed E-state index contributed by atoms with van der Waals surface area (Å²) in [4.78, 5) is 11.5. The highest BCUT2D eigenvalue weighted by atomic mass is 32.2.